The number of piperidine rings is 1. The van der Waals surface area contributed by atoms with Crippen LogP contribution in [-0.4, -0.2) is 35.7 Å². The van der Waals surface area contributed by atoms with Crippen molar-refractivity contribution in [3.63, 3.8) is 0 Å². The Labute approximate surface area is 64.8 Å². The number of hydrogen-bond donors (Lipinski definition) is 1. The smallest absolute Gasteiger partial charge is 0.327 e. The van der Waals surface area contributed by atoms with Crippen LogP contribution in [0.5, 0.6) is 0 Å². The van der Waals surface area contributed by atoms with Crippen LogP contribution in [0.15, 0.2) is 0 Å². The summed E-state index contributed by atoms with van der Waals surface area (Å²) >= 11 is 0. The van der Waals surface area contributed by atoms with Gasteiger partial charge in [-0.3, -0.25) is 0 Å². The minimum absolute atomic E-state index is 0.410. The zero-order valence-electron chi connectivity index (χ0n) is 6.39. The summed E-state index contributed by atoms with van der Waals surface area (Å²) < 4.78 is 25.4. The van der Waals surface area contributed by atoms with Crippen LogP contribution in [0.1, 0.15) is 19.3 Å². The van der Waals surface area contributed by atoms with Crippen molar-refractivity contribution in [1.82, 2.24) is 4.90 Å². The lowest BCUT2D eigenvalue weighted by molar-refractivity contribution is -0.178. The van der Waals surface area contributed by atoms with E-state index in [0.29, 0.717) is 13.1 Å². The molecule has 0 atom stereocenters. The van der Waals surface area contributed by atoms with Crippen LogP contribution in [0.2, 0.25) is 0 Å². The summed E-state index contributed by atoms with van der Waals surface area (Å²) in [4.78, 5) is 1.05. The highest BCUT2D eigenvalue weighted by Gasteiger charge is 2.36. The molecule has 1 aliphatic rings. The fourth-order valence-corrected chi connectivity index (χ4v) is 1.32. The first-order chi connectivity index (χ1) is 5.17. The Kier molecular flexibility index (Phi) is 2.78. The molecule has 1 heterocycles. The first-order valence-electron chi connectivity index (χ1n) is 3.90. The summed E-state index contributed by atoms with van der Waals surface area (Å²) in [5.41, 5.74) is 0. The highest BCUT2D eigenvalue weighted by atomic mass is 19.3. The lowest BCUT2D eigenvalue weighted by atomic mass is 10.1. The lowest BCUT2D eigenvalue weighted by Crippen LogP contribution is -2.47. The van der Waals surface area contributed by atoms with Crippen LogP contribution in [0.25, 0.3) is 0 Å². The molecule has 4 heteroatoms. The molecule has 1 rings (SSSR count). The van der Waals surface area contributed by atoms with Crippen molar-refractivity contribution < 1.29 is 13.9 Å². The number of likely N-dealkylation sites (tertiary alicyclic amines) is 1. The molecule has 11 heavy (non-hydrogen) atoms. The monoisotopic (exact) mass is 165 g/mol. The van der Waals surface area contributed by atoms with Gasteiger partial charge >= 0.3 is 6.05 Å². The van der Waals surface area contributed by atoms with Crippen LogP contribution >= 0.6 is 0 Å². The summed E-state index contributed by atoms with van der Waals surface area (Å²) in [6.45, 7) is -0.242. The van der Waals surface area contributed by atoms with Crippen molar-refractivity contribution in [2.45, 2.75) is 25.3 Å². The number of alkyl halides is 2. The molecule has 1 saturated heterocycles. The van der Waals surface area contributed by atoms with E-state index in [2.05, 4.69) is 0 Å². The molecule has 1 fully saturated rings. The van der Waals surface area contributed by atoms with Crippen molar-refractivity contribution in [1.29, 1.82) is 0 Å². The van der Waals surface area contributed by atoms with Gasteiger partial charge in [-0.15, -0.1) is 0 Å². The molecular formula is C7H13F2NO. The highest BCUT2D eigenvalue weighted by Crippen LogP contribution is 2.23. The minimum atomic E-state index is -3.00. The molecule has 0 amide bonds. The summed E-state index contributed by atoms with van der Waals surface area (Å²) in [5, 5.41) is 8.35. The average Bonchev–Trinajstić information content (AvgIpc) is 2.06. The van der Waals surface area contributed by atoms with Crippen LogP contribution in [0.4, 0.5) is 8.78 Å². The third-order valence-electron chi connectivity index (χ3n) is 2.01. The van der Waals surface area contributed by atoms with E-state index in [0.717, 1.165) is 24.2 Å². The maximum Gasteiger partial charge on any atom is 0.327 e. The standard InChI is InChI=1S/C7H13F2NO/c8-7(9,6-11)10-4-2-1-3-5-10/h11H,1-6H2. The number of hydrogen-bond acceptors (Lipinski definition) is 2. The Balaban J connectivity index is 2.43. The highest BCUT2D eigenvalue weighted by molar-refractivity contribution is 4.72. The van der Waals surface area contributed by atoms with Gasteiger partial charge in [0.1, 0.15) is 6.61 Å². The number of aliphatic hydroxyl groups excluding tert-OH is 1. The van der Waals surface area contributed by atoms with Crippen molar-refractivity contribution >= 4 is 0 Å². The van der Waals surface area contributed by atoms with Gasteiger partial charge in [0.15, 0.2) is 0 Å². The van der Waals surface area contributed by atoms with E-state index in [1.807, 2.05) is 0 Å². The van der Waals surface area contributed by atoms with E-state index in [1.54, 1.807) is 0 Å². The summed E-state index contributed by atoms with van der Waals surface area (Å²) in [5.74, 6) is 0. The third kappa shape index (κ3) is 2.10. The molecule has 1 aliphatic heterocycles. The van der Waals surface area contributed by atoms with Gasteiger partial charge in [-0.25, -0.2) is 4.90 Å². The Hall–Kier alpha value is -0.220. The van der Waals surface area contributed by atoms with E-state index in [4.69, 9.17) is 5.11 Å². The average molecular weight is 165 g/mol. The van der Waals surface area contributed by atoms with Gasteiger partial charge in [-0.05, 0) is 12.8 Å². The van der Waals surface area contributed by atoms with E-state index in [-0.39, 0.29) is 0 Å². The van der Waals surface area contributed by atoms with E-state index < -0.39 is 12.7 Å². The summed E-state index contributed by atoms with van der Waals surface area (Å²) in [6.07, 6.45) is 2.66. The van der Waals surface area contributed by atoms with E-state index in [1.165, 1.54) is 0 Å². The molecule has 66 valence electrons. The number of nitrogens with zero attached hydrogens (tertiary/aromatic N) is 1. The maximum atomic E-state index is 12.7. The second-order valence-corrected chi connectivity index (χ2v) is 2.87. The van der Waals surface area contributed by atoms with Crippen LogP contribution < -0.4 is 0 Å². The lowest BCUT2D eigenvalue weighted by Gasteiger charge is -2.32. The molecule has 0 aromatic rings. The fourth-order valence-electron chi connectivity index (χ4n) is 1.32. The Morgan fingerprint density at radius 1 is 1.18 bits per heavy atom. The molecule has 0 bridgehead atoms. The van der Waals surface area contributed by atoms with Crippen LogP contribution in [0.3, 0.4) is 0 Å². The number of rotatable bonds is 2. The molecular weight excluding hydrogens is 152 g/mol. The molecule has 0 aromatic carbocycles. The van der Waals surface area contributed by atoms with Crippen molar-refractivity contribution in [3.05, 3.63) is 0 Å². The van der Waals surface area contributed by atoms with Gasteiger partial charge < -0.3 is 5.11 Å². The first kappa shape index (κ1) is 8.87. The molecule has 1 N–H and O–H groups in total. The van der Waals surface area contributed by atoms with Crippen molar-refractivity contribution in [2.24, 2.45) is 0 Å². The fraction of sp³-hybridized carbons (Fsp3) is 1.00. The van der Waals surface area contributed by atoms with Gasteiger partial charge in [0, 0.05) is 13.1 Å². The Morgan fingerprint density at radius 3 is 2.18 bits per heavy atom. The molecule has 0 aromatic heterocycles. The SMILES string of the molecule is OCC(F)(F)N1CCCCC1. The van der Waals surface area contributed by atoms with E-state index in [9.17, 15) is 8.78 Å². The molecule has 0 unspecified atom stereocenters. The minimum Gasteiger partial charge on any atom is -0.389 e. The Bertz CT molecular complexity index is 124. The predicted octanol–water partition coefficient (Wildman–Crippen LogP) is 1.06. The maximum absolute atomic E-state index is 12.7. The second kappa shape index (κ2) is 3.45. The molecule has 0 spiro atoms. The summed E-state index contributed by atoms with van der Waals surface area (Å²) in [6, 6.07) is -3.00. The molecule has 0 radical (unpaired) electrons. The van der Waals surface area contributed by atoms with Gasteiger partial charge in [0.25, 0.3) is 0 Å². The normalized spacial score (nSPS) is 22.1. The first-order valence-corrected chi connectivity index (χ1v) is 3.90. The zero-order valence-corrected chi connectivity index (χ0v) is 6.39. The van der Waals surface area contributed by atoms with Crippen LogP contribution in [-0.2, 0) is 0 Å². The molecule has 2 nitrogen and oxygen atoms in total. The zero-order chi connectivity index (χ0) is 8.32. The van der Waals surface area contributed by atoms with E-state index >= 15 is 0 Å². The topological polar surface area (TPSA) is 23.5 Å². The Morgan fingerprint density at radius 2 is 1.73 bits per heavy atom. The largest absolute Gasteiger partial charge is 0.389 e. The second-order valence-electron chi connectivity index (χ2n) is 2.87. The summed E-state index contributed by atoms with van der Waals surface area (Å²) in [7, 11) is 0. The van der Waals surface area contributed by atoms with Crippen LogP contribution in [0, 0.1) is 0 Å². The van der Waals surface area contributed by atoms with Crippen molar-refractivity contribution in [2.75, 3.05) is 19.7 Å². The molecule has 0 aliphatic carbocycles. The quantitative estimate of drug-likeness (QED) is 0.618. The van der Waals surface area contributed by atoms with Gasteiger partial charge in [0.05, 0.1) is 0 Å². The van der Waals surface area contributed by atoms with Gasteiger partial charge in [-0.2, -0.15) is 8.78 Å². The predicted molar refractivity (Wildman–Crippen MR) is 37.5 cm³/mol. The van der Waals surface area contributed by atoms with Gasteiger partial charge in [0.2, 0.25) is 0 Å². The third-order valence-corrected chi connectivity index (χ3v) is 2.01. The number of aliphatic hydroxyl groups is 1. The van der Waals surface area contributed by atoms with Gasteiger partial charge in [-0.1, -0.05) is 6.42 Å². The number of halogens is 2. The van der Waals surface area contributed by atoms with Crippen molar-refractivity contribution in [3.8, 4) is 0 Å². The molecule has 0 saturated carbocycles.